The molecule has 3 rings (SSSR count). The molecule has 1 aromatic heterocycles. The smallest absolute Gasteiger partial charge is 0.362 e. The first kappa shape index (κ1) is 23.0. The molecule has 1 N–H and O–H groups in total. The SMILES string of the molecule is CCOC(=O)c1nn(-c2ccccc2C)c(=O)cc1OCC(=O)Nc1cccc(Cl)c1C. The van der Waals surface area contributed by atoms with Crippen molar-refractivity contribution in [1.29, 1.82) is 0 Å². The van der Waals surface area contributed by atoms with Gasteiger partial charge in [-0.3, -0.25) is 9.59 Å². The zero-order chi connectivity index (χ0) is 23.3. The Bertz CT molecular complexity index is 1220. The van der Waals surface area contributed by atoms with Gasteiger partial charge in [0, 0.05) is 10.7 Å². The summed E-state index contributed by atoms with van der Waals surface area (Å²) in [5.74, 6) is -1.40. The van der Waals surface area contributed by atoms with Gasteiger partial charge in [-0.1, -0.05) is 35.9 Å². The predicted molar refractivity (Wildman–Crippen MR) is 121 cm³/mol. The Kier molecular flexibility index (Phi) is 7.27. The van der Waals surface area contributed by atoms with Crippen LogP contribution in [0, 0.1) is 13.8 Å². The number of hydrogen-bond acceptors (Lipinski definition) is 6. The summed E-state index contributed by atoms with van der Waals surface area (Å²) in [6.07, 6.45) is 0. The van der Waals surface area contributed by atoms with E-state index in [0.29, 0.717) is 22.0 Å². The number of para-hydroxylation sites is 1. The van der Waals surface area contributed by atoms with Gasteiger partial charge in [0.1, 0.15) is 0 Å². The average Bonchev–Trinajstić information content (AvgIpc) is 2.76. The summed E-state index contributed by atoms with van der Waals surface area (Å²) >= 11 is 6.07. The lowest BCUT2D eigenvalue weighted by molar-refractivity contribution is -0.118. The predicted octanol–water partition coefficient (Wildman–Crippen LogP) is 3.70. The summed E-state index contributed by atoms with van der Waals surface area (Å²) in [6, 6.07) is 13.3. The minimum absolute atomic E-state index is 0.109. The summed E-state index contributed by atoms with van der Waals surface area (Å²) < 4.78 is 11.6. The highest BCUT2D eigenvalue weighted by Crippen LogP contribution is 2.23. The van der Waals surface area contributed by atoms with E-state index in [-0.39, 0.29) is 18.1 Å². The van der Waals surface area contributed by atoms with E-state index in [0.717, 1.165) is 16.3 Å². The number of aromatic nitrogens is 2. The van der Waals surface area contributed by atoms with E-state index in [1.54, 1.807) is 44.2 Å². The Balaban J connectivity index is 1.88. The van der Waals surface area contributed by atoms with Crippen molar-refractivity contribution in [2.75, 3.05) is 18.5 Å². The molecule has 3 aromatic rings. The number of hydrogen-bond donors (Lipinski definition) is 1. The van der Waals surface area contributed by atoms with Gasteiger partial charge in [-0.05, 0) is 50.1 Å². The highest BCUT2D eigenvalue weighted by atomic mass is 35.5. The number of nitrogens with zero attached hydrogens (tertiary/aromatic N) is 2. The topological polar surface area (TPSA) is 99.5 Å². The summed E-state index contributed by atoms with van der Waals surface area (Å²) in [5, 5.41) is 7.36. The Morgan fingerprint density at radius 2 is 1.88 bits per heavy atom. The van der Waals surface area contributed by atoms with Gasteiger partial charge in [0.05, 0.1) is 18.4 Å². The second-order valence-electron chi connectivity index (χ2n) is 6.86. The first-order valence-corrected chi connectivity index (χ1v) is 10.2. The molecule has 0 bridgehead atoms. The molecule has 0 aliphatic carbocycles. The van der Waals surface area contributed by atoms with Crippen LogP contribution in [0.1, 0.15) is 28.5 Å². The molecule has 0 atom stereocenters. The van der Waals surface area contributed by atoms with Crippen molar-refractivity contribution >= 4 is 29.2 Å². The van der Waals surface area contributed by atoms with Crippen molar-refractivity contribution in [3.63, 3.8) is 0 Å². The van der Waals surface area contributed by atoms with Crippen LogP contribution in [-0.2, 0) is 9.53 Å². The van der Waals surface area contributed by atoms with Crippen LogP contribution in [0.2, 0.25) is 5.02 Å². The molecular formula is C23H22ClN3O5. The molecule has 9 heteroatoms. The van der Waals surface area contributed by atoms with E-state index in [9.17, 15) is 14.4 Å². The van der Waals surface area contributed by atoms with Crippen molar-refractivity contribution in [1.82, 2.24) is 9.78 Å². The van der Waals surface area contributed by atoms with Crippen LogP contribution in [0.15, 0.2) is 53.3 Å². The molecule has 0 unspecified atom stereocenters. The van der Waals surface area contributed by atoms with E-state index < -0.39 is 24.0 Å². The number of aryl methyl sites for hydroxylation is 1. The highest BCUT2D eigenvalue weighted by molar-refractivity contribution is 6.31. The third-order valence-electron chi connectivity index (χ3n) is 4.61. The lowest BCUT2D eigenvalue weighted by atomic mass is 10.2. The number of rotatable bonds is 7. The Morgan fingerprint density at radius 3 is 2.59 bits per heavy atom. The van der Waals surface area contributed by atoms with Crippen LogP contribution < -0.4 is 15.6 Å². The number of ether oxygens (including phenoxy) is 2. The van der Waals surface area contributed by atoms with Gasteiger partial charge in [0.15, 0.2) is 12.4 Å². The summed E-state index contributed by atoms with van der Waals surface area (Å²) in [7, 11) is 0. The lowest BCUT2D eigenvalue weighted by Gasteiger charge is -2.14. The standard InChI is InChI=1S/C23H22ClN3O5/c1-4-31-23(30)22-19(12-21(29)27(26-22)18-11-6-5-8-14(18)2)32-13-20(28)25-17-10-7-9-16(24)15(17)3/h5-12H,4,13H2,1-3H3,(H,25,28). The van der Waals surface area contributed by atoms with E-state index in [1.165, 1.54) is 0 Å². The average molecular weight is 456 g/mol. The first-order chi connectivity index (χ1) is 15.3. The molecular weight excluding hydrogens is 434 g/mol. The van der Waals surface area contributed by atoms with Crippen molar-refractivity contribution in [2.24, 2.45) is 0 Å². The summed E-state index contributed by atoms with van der Waals surface area (Å²) in [4.78, 5) is 37.5. The van der Waals surface area contributed by atoms with E-state index in [4.69, 9.17) is 21.1 Å². The summed E-state index contributed by atoms with van der Waals surface area (Å²) in [5.41, 5.74) is 1.82. The van der Waals surface area contributed by atoms with Gasteiger partial charge >= 0.3 is 5.97 Å². The molecule has 32 heavy (non-hydrogen) atoms. The van der Waals surface area contributed by atoms with Gasteiger partial charge in [-0.25, -0.2) is 4.79 Å². The quantitative estimate of drug-likeness (QED) is 0.545. The van der Waals surface area contributed by atoms with Crippen LogP contribution in [0.5, 0.6) is 5.75 Å². The fourth-order valence-corrected chi connectivity index (χ4v) is 3.11. The van der Waals surface area contributed by atoms with Crippen LogP contribution in [-0.4, -0.2) is 34.9 Å². The maximum absolute atomic E-state index is 12.7. The van der Waals surface area contributed by atoms with Crippen molar-refractivity contribution in [2.45, 2.75) is 20.8 Å². The second kappa shape index (κ2) is 10.1. The molecule has 8 nitrogen and oxygen atoms in total. The van der Waals surface area contributed by atoms with E-state index in [2.05, 4.69) is 10.4 Å². The number of carbonyl (C=O) groups excluding carboxylic acids is 2. The maximum Gasteiger partial charge on any atom is 0.362 e. The number of halogens is 1. The fraction of sp³-hybridized carbons (Fsp3) is 0.217. The molecule has 0 aliphatic heterocycles. The number of carbonyl (C=O) groups is 2. The van der Waals surface area contributed by atoms with Crippen LogP contribution in [0.4, 0.5) is 5.69 Å². The van der Waals surface area contributed by atoms with Crippen LogP contribution in [0.3, 0.4) is 0 Å². The van der Waals surface area contributed by atoms with Gasteiger partial charge in [0.2, 0.25) is 5.69 Å². The van der Waals surface area contributed by atoms with E-state index in [1.807, 2.05) is 19.1 Å². The van der Waals surface area contributed by atoms with Gasteiger partial charge in [-0.15, -0.1) is 0 Å². The third-order valence-corrected chi connectivity index (χ3v) is 5.02. The Morgan fingerprint density at radius 1 is 1.12 bits per heavy atom. The molecule has 2 aromatic carbocycles. The molecule has 1 amide bonds. The van der Waals surface area contributed by atoms with Crippen molar-refractivity contribution in [3.05, 3.63) is 80.7 Å². The number of amides is 1. The third kappa shape index (κ3) is 5.15. The monoisotopic (exact) mass is 455 g/mol. The maximum atomic E-state index is 12.7. The zero-order valence-corrected chi connectivity index (χ0v) is 18.6. The minimum atomic E-state index is -0.768. The van der Waals surface area contributed by atoms with Crippen molar-refractivity contribution < 1.29 is 19.1 Å². The molecule has 0 radical (unpaired) electrons. The number of benzene rings is 2. The molecule has 1 heterocycles. The number of anilines is 1. The number of esters is 1. The lowest BCUT2D eigenvalue weighted by Crippen LogP contribution is -2.27. The Hall–Kier alpha value is -3.65. The van der Waals surface area contributed by atoms with Gasteiger partial charge in [-0.2, -0.15) is 9.78 Å². The molecule has 0 saturated carbocycles. The van der Waals surface area contributed by atoms with E-state index >= 15 is 0 Å². The van der Waals surface area contributed by atoms with Crippen molar-refractivity contribution in [3.8, 4) is 11.4 Å². The zero-order valence-electron chi connectivity index (χ0n) is 17.8. The second-order valence-corrected chi connectivity index (χ2v) is 7.27. The fourth-order valence-electron chi connectivity index (χ4n) is 2.94. The number of nitrogens with one attached hydrogen (secondary N) is 1. The first-order valence-electron chi connectivity index (χ1n) is 9.87. The van der Waals surface area contributed by atoms with Gasteiger partial charge in [0.25, 0.3) is 11.5 Å². The molecule has 0 spiro atoms. The molecule has 0 fully saturated rings. The molecule has 0 aliphatic rings. The van der Waals surface area contributed by atoms with Crippen LogP contribution in [0.25, 0.3) is 5.69 Å². The largest absolute Gasteiger partial charge is 0.481 e. The summed E-state index contributed by atoms with van der Waals surface area (Å²) in [6.45, 7) is 4.90. The van der Waals surface area contributed by atoms with Gasteiger partial charge < -0.3 is 14.8 Å². The van der Waals surface area contributed by atoms with Crippen LogP contribution >= 0.6 is 11.6 Å². The Labute approximate surface area is 189 Å². The molecule has 166 valence electrons. The highest BCUT2D eigenvalue weighted by Gasteiger charge is 2.21. The molecule has 0 saturated heterocycles. The normalized spacial score (nSPS) is 10.5. The minimum Gasteiger partial charge on any atom is -0.481 e.